The van der Waals surface area contributed by atoms with Crippen LogP contribution in [0.15, 0.2) is 23.1 Å². The topological polar surface area (TPSA) is 77.9 Å². The molecule has 134 valence electrons. The first-order valence-corrected chi connectivity index (χ1v) is 9.65. The van der Waals surface area contributed by atoms with Crippen molar-refractivity contribution in [2.45, 2.75) is 44.0 Å². The summed E-state index contributed by atoms with van der Waals surface area (Å²) in [6, 6.07) is 5.57. The lowest BCUT2D eigenvalue weighted by Gasteiger charge is -2.25. The largest absolute Gasteiger partial charge is 0.480 e. The summed E-state index contributed by atoms with van der Waals surface area (Å²) >= 11 is 0. The van der Waals surface area contributed by atoms with E-state index in [1.54, 1.807) is 22.3 Å². The molecule has 0 saturated carbocycles. The number of sulfonamides is 1. The lowest BCUT2D eigenvalue weighted by molar-refractivity contribution is -0.138. The molecule has 0 radical (unpaired) electrons. The van der Waals surface area contributed by atoms with E-state index < -0.39 is 16.0 Å². The second-order valence-corrected chi connectivity index (χ2v) is 8.47. The number of hydrogen-bond acceptors (Lipinski definition) is 4. The highest BCUT2D eigenvalue weighted by atomic mass is 32.2. The van der Waals surface area contributed by atoms with Gasteiger partial charge in [0.25, 0.3) is 0 Å². The molecule has 6 nitrogen and oxygen atoms in total. The minimum Gasteiger partial charge on any atom is -0.480 e. The molecule has 1 aliphatic heterocycles. The van der Waals surface area contributed by atoms with Gasteiger partial charge in [-0.2, -0.15) is 4.31 Å². The highest BCUT2D eigenvalue weighted by Crippen LogP contribution is 2.25. The molecule has 0 amide bonds. The summed E-state index contributed by atoms with van der Waals surface area (Å²) in [5, 5.41) is 8.92. The fourth-order valence-electron chi connectivity index (χ4n) is 3.20. The number of benzene rings is 1. The van der Waals surface area contributed by atoms with E-state index in [0.717, 1.165) is 24.0 Å². The van der Waals surface area contributed by atoms with E-state index in [0.29, 0.717) is 24.4 Å². The molecule has 1 unspecified atom stereocenters. The molecule has 0 bridgehead atoms. The van der Waals surface area contributed by atoms with Crippen molar-refractivity contribution in [1.82, 2.24) is 9.21 Å². The van der Waals surface area contributed by atoms with Gasteiger partial charge in [-0.3, -0.25) is 9.69 Å². The number of hydrogen-bond donors (Lipinski definition) is 1. The van der Waals surface area contributed by atoms with Crippen LogP contribution in [0.3, 0.4) is 0 Å². The minimum absolute atomic E-state index is 0.0194. The van der Waals surface area contributed by atoms with E-state index in [1.165, 1.54) is 0 Å². The maximum atomic E-state index is 13.0. The van der Waals surface area contributed by atoms with Crippen LogP contribution in [0.4, 0.5) is 0 Å². The summed E-state index contributed by atoms with van der Waals surface area (Å²) in [5.74, 6) is -0.860. The van der Waals surface area contributed by atoms with Crippen LogP contribution in [0.25, 0.3) is 0 Å². The fourth-order valence-corrected chi connectivity index (χ4v) is 5.00. The van der Waals surface area contributed by atoms with Gasteiger partial charge >= 0.3 is 5.97 Å². The molecule has 24 heavy (non-hydrogen) atoms. The monoisotopic (exact) mass is 354 g/mol. The number of carbonyl (C=O) groups is 1. The van der Waals surface area contributed by atoms with Gasteiger partial charge in [-0.1, -0.05) is 12.1 Å². The molecule has 1 fully saturated rings. The van der Waals surface area contributed by atoms with Crippen molar-refractivity contribution in [3.8, 4) is 0 Å². The number of aliphatic carboxylic acids is 1. The standard InChI is InChI=1S/C17H26N2O4S/c1-13-6-7-14(2)16(11-13)24(22,23)19-9-4-5-15(8-10-19)18(3)12-17(20)21/h6-7,11,15H,4-5,8-10,12H2,1-3H3,(H,20,21). The lowest BCUT2D eigenvalue weighted by atomic mass is 10.1. The molecule has 1 atom stereocenters. The third-order valence-electron chi connectivity index (χ3n) is 4.63. The van der Waals surface area contributed by atoms with Crippen LogP contribution >= 0.6 is 0 Å². The number of carboxylic acid groups (broad SMARTS) is 1. The Labute approximate surface area is 144 Å². The zero-order valence-electron chi connectivity index (χ0n) is 14.5. The molecule has 2 rings (SSSR count). The van der Waals surface area contributed by atoms with Crippen molar-refractivity contribution in [3.05, 3.63) is 29.3 Å². The highest BCUT2D eigenvalue weighted by molar-refractivity contribution is 7.89. The molecule has 1 N–H and O–H groups in total. The van der Waals surface area contributed by atoms with Gasteiger partial charge in [-0.05, 0) is 57.4 Å². The van der Waals surface area contributed by atoms with Crippen LogP contribution < -0.4 is 0 Å². The summed E-state index contributed by atoms with van der Waals surface area (Å²) in [6.45, 7) is 4.58. The van der Waals surface area contributed by atoms with Crippen molar-refractivity contribution in [3.63, 3.8) is 0 Å². The molecule has 1 heterocycles. The second-order valence-electron chi connectivity index (χ2n) is 6.57. The number of rotatable bonds is 5. The van der Waals surface area contributed by atoms with Crippen LogP contribution in [0.1, 0.15) is 30.4 Å². The summed E-state index contributed by atoms with van der Waals surface area (Å²) in [7, 11) is -1.73. The third-order valence-corrected chi connectivity index (χ3v) is 6.67. The Balaban J connectivity index is 2.15. The summed E-state index contributed by atoms with van der Waals surface area (Å²) < 4.78 is 27.5. The van der Waals surface area contributed by atoms with Crippen LogP contribution in [0.5, 0.6) is 0 Å². The Hall–Kier alpha value is -1.44. The normalized spacial score (nSPS) is 20.1. The first-order chi connectivity index (χ1) is 11.2. The maximum Gasteiger partial charge on any atom is 0.317 e. The molecule has 7 heteroatoms. The quantitative estimate of drug-likeness (QED) is 0.873. The molecule has 1 aliphatic rings. The van der Waals surface area contributed by atoms with Gasteiger partial charge in [0.15, 0.2) is 0 Å². The molecular formula is C17H26N2O4S. The molecule has 1 aromatic carbocycles. The predicted octanol–water partition coefficient (Wildman–Crippen LogP) is 1.86. The van der Waals surface area contributed by atoms with Gasteiger partial charge in [-0.25, -0.2) is 8.42 Å². The van der Waals surface area contributed by atoms with Gasteiger partial charge < -0.3 is 5.11 Å². The maximum absolute atomic E-state index is 13.0. The Morgan fingerprint density at radius 2 is 2.00 bits per heavy atom. The third kappa shape index (κ3) is 4.34. The van der Waals surface area contributed by atoms with Crippen molar-refractivity contribution in [2.24, 2.45) is 0 Å². The lowest BCUT2D eigenvalue weighted by Crippen LogP contribution is -2.37. The van der Waals surface area contributed by atoms with Crippen LogP contribution in [0.2, 0.25) is 0 Å². The predicted molar refractivity (Wildman–Crippen MR) is 92.6 cm³/mol. The summed E-state index contributed by atoms with van der Waals surface area (Å²) in [5.41, 5.74) is 1.68. The number of nitrogens with zero attached hydrogens (tertiary/aromatic N) is 2. The Morgan fingerprint density at radius 1 is 1.29 bits per heavy atom. The van der Waals surface area contributed by atoms with Gasteiger partial charge in [0.1, 0.15) is 0 Å². The average Bonchev–Trinajstić information content (AvgIpc) is 2.75. The van der Waals surface area contributed by atoms with E-state index >= 15 is 0 Å². The zero-order valence-corrected chi connectivity index (χ0v) is 15.3. The summed E-state index contributed by atoms with van der Waals surface area (Å²) in [4.78, 5) is 13.0. The van der Waals surface area contributed by atoms with Crippen molar-refractivity contribution in [1.29, 1.82) is 0 Å². The number of likely N-dealkylation sites (N-methyl/N-ethyl adjacent to an activating group) is 1. The second kappa shape index (κ2) is 7.63. The molecular weight excluding hydrogens is 328 g/mol. The van der Waals surface area contributed by atoms with Crippen molar-refractivity contribution >= 4 is 16.0 Å². The van der Waals surface area contributed by atoms with Gasteiger partial charge in [0.2, 0.25) is 10.0 Å². The minimum atomic E-state index is -3.51. The highest BCUT2D eigenvalue weighted by Gasteiger charge is 2.30. The van der Waals surface area contributed by atoms with E-state index in [9.17, 15) is 13.2 Å². The smallest absolute Gasteiger partial charge is 0.317 e. The van der Waals surface area contributed by atoms with E-state index in [1.807, 2.05) is 26.0 Å². The Morgan fingerprint density at radius 3 is 2.67 bits per heavy atom. The molecule has 0 aromatic heterocycles. The van der Waals surface area contributed by atoms with Crippen LogP contribution in [-0.4, -0.2) is 61.4 Å². The molecule has 0 spiro atoms. The molecule has 0 aliphatic carbocycles. The van der Waals surface area contributed by atoms with Gasteiger partial charge in [0.05, 0.1) is 11.4 Å². The van der Waals surface area contributed by atoms with E-state index in [2.05, 4.69) is 0 Å². The van der Waals surface area contributed by atoms with Gasteiger partial charge in [-0.15, -0.1) is 0 Å². The fraction of sp³-hybridized carbons (Fsp3) is 0.588. The molecule has 1 aromatic rings. The summed E-state index contributed by atoms with van der Waals surface area (Å²) in [6.07, 6.45) is 2.19. The van der Waals surface area contributed by atoms with Crippen LogP contribution in [-0.2, 0) is 14.8 Å². The SMILES string of the molecule is Cc1ccc(C)c(S(=O)(=O)N2CCCC(N(C)CC(=O)O)CC2)c1. The number of aryl methyl sites for hydroxylation is 2. The van der Waals surface area contributed by atoms with Crippen molar-refractivity contribution < 1.29 is 18.3 Å². The molecule has 1 saturated heterocycles. The van der Waals surface area contributed by atoms with Crippen LogP contribution in [0, 0.1) is 13.8 Å². The van der Waals surface area contributed by atoms with Crippen molar-refractivity contribution in [2.75, 3.05) is 26.7 Å². The van der Waals surface area contributed by atoms with E-state index in [4.69, 9.17) is 5.11 Å². The Bertz CT molecular complexity index is 703. The average molecular weight is 354 g/mol. The Kier molecular flexibility index (Phi) is 6.01. The number of carboxylic acids is 1. The first-order valence-electron chi connectivity index (χ1n) is 8.21. The zero-order chi connectivity index (χ0) is 17.9. The van der Waals surface area contributed by atoms with Gasteiger partial charge in [0, 0.05) is 19.1 Å². The first kappa shape index (κ1) is 18.9. The van der Waals surface area contributed by atoms with E-state index in [-0.39, 0.29) is 12.6 Å².